The van der Waals surface area contributed by atoms with E-state index in [0.717, 1.165) is 38.8 Å². The molecule has 0 aromatic carbocycles. The van der Waals surface area contributed by atoms with E-state index in [9.17, 15) is 4.79 Å². The number of aliphatic hydroxyl groups excluding tert-OH is 1. The van der Waals surface area contributed by atoms with Crippen molar-refractivity contribution in [2.75, 3.05) is 32.8 Å². The number of hydrogen-bond acceptors (Lipinski definition) is 3. The molecule has 0 aliphatic heterocycles. The molecule has 0 rings (SSSR count). The Balaban J connectivity index is 3.77. The Bertz CT molecular complexity index is 341. The summed E-state index contributed by atoms with van der Waals surface area (Å²) in [7, 11) is 0. The fourth-order valence-corrected chi connectivity index (χ4v) is 2.41. The van der Waals surface area contributed by atoms with Crippen LogP contribution in [0.5, 0.6) is 0 Å². The third kappa shape index (κ3) is 15.8. The predicted molar refractivity (Wildman–Crippen MR) is 103 cm³/mol. The highest BCUT2D eigenvalue weighted by Crippen LogP contribution is 2.00. The molecule has 0 saturated carbocycles. The number of nitrogens with zero attached hydrogens (tertiary/aromatic N) is 1. The zero-order valence-electron chi connectivity index (χ0n) is 15.8. The number of rotatable bonds is 16. The second-order valence-corrected chi connectivity index (χ2v) is 6.11. The molecule has 0 fully saturated rings. The van der Waals surface area contributed by atoms with Crippen molar-refractivity contribution in [2.24, 2.45) is 0 Å². The molecule has 0 atom stereocenters. The van der Waals surface area contributed by atoms with E-state index < -0.39 is 0 Å². The lowest BCUT2D eigenvalue weighted by atomic mass is 10.2. The van der Waals surface area contributed by atoms with Crippen molar-refractivity contribution in [3.8, 4) is 0 Å². The van der Waals surface area contributed by atoms with Gasteiger partial charge in [0.15, 0.2) is 0 Å². The number of amides is 1. The first-order chi connectivity index (χ1) is 11.7. The summed E-state index contributed by atoms with van der Waals surface area (Å²) in [6, 6.07) is 0. The van der Waals surface area contributed by atoms with Crippen LogP contribution in [0.4, 0.5) is 0 Å². The summed E-state index contributed by atoms with van der Waals surface area (Å²) in [6.07, 6.45) is 16.9. The highest BCUT2D eigenvalue weighted by molar-refractivity contribution is 5.77. The molecule has 0 aliphatic rings. The summed E-state index contributed by atoms with van der Waals surface area (Å²) < 4.78 is 0. The van der Waals surface area contributed by atoms with Gasteiger partial charge in [-0.15, -0.1) is 0 Å². The van der Waals surface area contributed by atoms with Gasteiger partial charge in [-0.1, -0.05) is 51.0 Å². The molecule has 140 valence electrons. The van der Waals surface area contributed by atoms with Crippen LogP contribution in [0.15, 0.2) is 24.3 Å². The van der Waals surface area contributed by atoms with E-state index in [0.29, 0.717) is 19.5 Å². The Morgan fingerprint density at radius 1 is 0.958 bits per heavy atom. The van der Waals surface area contributed by atoms with Gasteiger partial charge in [0.2, 0.25) is 5.91 Å². The minimum Gasteiger partial charge on any atom is -0.395 e. The molecular formula is C20H38N2O2. The Kier molecular flexibility index (Phi) is 17.4. The number of carbonyl (C=O) groups is 1. The van der Waals surface area contributed by atoms with Crippen LogP contribution >= 0.6 is 0 Å². The first kappa shape index (κ1) is 22.9. The van der Waals surface area contributed by atoms with Crippen molar-refractivity contribution < 1.29 is 9.90 Å². The van der Waals surface area contributed by atoms with Crippen LogP contribution in [0, 0.1) is 0 Å². The standard InChI is InChI=1S/C20H38N2O2/c1-3-5-7-9-11-13-16-22(18-19-23)17-15-21-20(24)14-12-10-8-6-4-2/h5,7,10,12,23H,3-4,6,8-9,11,13-19H2,1-2H3,(H,21,24)/b7-5+,12-10+. The molecule has 0 aromatic rings. The Labute approximate surface area is 149 Å². The van der Waals surface area contributed by atoms with Gasteiger partial charge in [-0.25, -0.2) is 0 Å². The number of carbonyl (C=O) groups excluding carboxylic acids is 1. The number of hydrogen-bond donors (Lipinski definition) is 2. The number of unbranched alkanes of at least 4 members (excludes halogenated alkanes) is 4. The molecule has 2 N–H and O–H groups in total. The second-order valence-electron chi connectivity index (χ2n) is 6.11. The van der Waals surface area contributed by atoms with Crippen LogP contribution in [0.2, 0.25) is 0 Å². The summed E-state index contributed by atoms with van der Waals surface area (Å²) in [5.74, 6) is 0.0800. The molecule has 4 nitrogen and oxygen atoms in total. The Morgan fingerprint density at radius 2 is 1.71 bits per heavy atom. The fourth-order valence-electron chi connectivity index (χ4n) is 2.41. The van der Waals surface area contributed by atoms with E-state index in [4.69, 9.17) is 5.11 Å². The van der Waals surface area contributed by atoms with E-state index in [-0.39, 0.29) is 12.5 Å². The maximum Gasteiger partial charge on any atom is 0.223 e. The van der Waals surface area contributed by atoms with E-state index in [1.807, 2.05) is 6.08 Å². The monoisotopic (exact) mass is 338 g/mol. The van der Waals surface area contributed by atoms with Crippen molar-refractivity contribution in [3.05, 3.63) is 24.3 Å². The predicted octanol–water partition coefficient (Wildman–Crippen LogP) is 3.67. The normalized spacial score (nSPS) is 11.8. The van der Waals surface area contributed by atoms with E-state index in [2.05, 4.69) is 42.3 Å². The molecule has 0 unspecified atom stereocenters. The molecule has 0 aliphatic carbocycles. The van der Waals surface area contributed by atoms with Gasteiger partial charge in [-0.05, 0) is 38.6 Å². The van der Waals surface area contributed by atoms with Gasteiger partial charge >= 0.3 is 0 Å². The summed E-state index contributed by atoms with van der Waals surface area (Å²) in [4.78, 5) is 14.0. The van der Waals surface area contributed by atoms with Crippen LogP contribution < -0.4 is 5.32 Å². The van der Waals surface area contributed by atoms with Crippen molar-refractivity contribution in [3.63, 3.8) is 0 Å². The minimum atomic E-state index is 0.0800. The third-order valence-electron chi connectivity index (χ3n) is 3.86. The average molecular weight is 339 g/mol. The third-order valence-corrected chi connectivity index (χ3v) is 3.86. The molecule has 0 heterocycles. The van der Waals surface area contributed by atoms with Crippen molar-refractivity contribution in [1.82, 2.24) is 10.2 Å². The lowest BCUT2D eigenvalue weighted by Gasteiger charge is -2.21. The van der Waals surface area contributed by atoms with Gasteiger partial charge in [0, 0.05) is 26.1 Å². The average Bonchev–Trinajstić information content (AvgIpc) is 2.57. The largest absolute Gasteiger partial charge is 0.395 e. The molecule has 24 heavy (non-hydrogen) atoms. The smallest absolute Gasteiger partial charge is 0.223 e. The molecule has 0 bridgehead atoms. The fraction of sp³-hybridized carbons (Fsp3) is 0.750. The minimum absolute atomic E-state index is 0.0800. The molecular weight excluding hydrogens is 300 g/mol. The molecule has 0 aromatic heterocycles. The van der Waals surface area contributed by atoms with E-state index >= 15 is 0 Å². The first-order valence-electron chi connectivity index (χ1n) is 9.64. The lowest BCUT2D eigenvalue weighted by molar-refractivity contribution is -0.120. The second kappa shape index (κ2) is 18.2. The van der Waals surface area contributed by atoms with Gasteiger partial charge in [0.1, 0.15) is 0 Å². The van der Waals surface area contributed by atoms with Crippen molar-refractivity contribution in [1.29, 1.82) is 0 Å². The van der Waals surface area contributed by atoms with Crippen LogP contribution in [0.25, 0.3) is 0 Å². The van der Waals surface area contributed by atoms with Gasteiger partial charge in [-0.3, -0.25) is 9.69 Å². The van der Waals surface area contributed by atoms with Crippen LogP contribution in [-0.4, -0.2) is 48.7 Å². The van der Waals surface area contributed by atoms with E-state index in [1.54, 1.807) is 0 Å². The zero-order chi connectivity index (χ0) is 17.9. The maximum absolute atomic E-state index is 11.7. The lowest BCUT2D eigenvalue weighted by Crippen LogP contribution is -2.36. The van der Waals surface area contributed by atoms with Crippen LogP contribution in [0.1, 0.15) is 65.2 Å². The Morgan fingerprint density at radius 3 is 2.42 bits per heavy atom. The summed E-state index contributed by atoms with van der Waals surface area (Å²) in [5, 5.41) is 12.1. The van der Waals surface area contributed by atoms with Gasteiger partial charge < -0.3 is 10.4 Å². The van der Waals surface area contributed by atoms with Crippen LogP contribution in [0.3, 0.4) is 0 Å². The highest BCUT2D eigenvalue weighted by Gasteiger charge is 2.05. The maximum atomic E-state index is 11.7. The number of allylic oxidation sites excluding steroid dienone is 3. The van der Waals surface area contributed by atoms with Crippen molar-refractivity contribution >= 4 is 5.91 Å². The quantitative estimate of drug-likeness (QED) is 0.333. The summed E-state index contributed by atoms with van der Waals surface area (Å²) >= 11 is 0. The Hall–Kier alpha value is -1.13. The van der Waals surface area contributed by atoms with Crippen LogP contribution in [-0.2, 0) is 4.79 Å². The van der Waals surface area contributed by atoms with Gasteiger partial charge in [0.05, 0.1) is 6.61 Å². The topological polar surface area (TPSA) is 52.6 Å². The van der Waals surface area contributed by atoms with Gasteiger partial charge in [-0.2, -0.15) is 0 Å². The summed E-state index contributed by atoms with van der Waals surface area (Å²) in [5.41, 5.74) is 0. The van der Waals surface area contributed by atoms with Gasteiger partial charge in [0.25, 0.3) is 0 Å². The van der Waals surface area contributed by atoms with E-state index in [1.165, 1.54) is 19.3 Å². The zero-order valence-corrected chi connectivity index (χ0v) is 15.8. The molecule has 4 heteroatoms. The summed E-state index contributed by atoms with van der Waals surface area (Å²) in [6.45, 7) is 7.60. The molecule has 0 saturated heterocycles. The number of aliphatic hydroxyl groups is 1. The first-order valence-corrected chi connectivity index (χ1v) is 9.64. The number of nitrogens with one attached hydrogen (secondary N) is 1. The molecule has 0 spiro atoms. The highest BCUT2D eigenvalue weighted by atomic mass is 16.3. The van der Waals surface area contributed by atoms with Crippen molar-refractivity contribution in [2.45, 2.75) is 65.2 Å². The molecule has 1 amide bonds. The SMILES string of the molecule is CC/C=C/CCCCN(CCO)CCNC(=O)C/C=C/CCCC. The molecule has 0 radical (unpaired) electrons.